The zero-order valence-corrected chi connectivity index (χ0v) is 14.0. The highest BCUT2D eigenvalue weighted by Crippen LogP contribution is 2.64. The first kappa shape index (κ1) is 15.5. The molecular formula is C13H17Cl2N3O2S. The van der Waals surface area contributed by atoms with Gasteiger partial charge in [0.05, 0.1) is 24.3 Å². The molecule has 1 saturated heterocycles. The van der Waals surface area contributed by atoms with Gasteiger partial charge in [-0.15, -0.1) is 34.5 Å². The second-order valence-corrected chi connectivity index (χ2v) is 8.04. The molecule has 2 aliphatic rings. The molecule has 21 heavy (non-hydrogen) atoms. The Morgan fingerprint density at radius 3 is 2.81 bits per heavy atom. The number of alkyl halides is 2. The van der Waals surface area contributed by atoms with Crippen LogP contribution in [0.4, 0.5) is 5.13 Å². The number of carbonyl (C=O) groups is 1. The van der Waals surface area contributed by atoms with E-state index in [0.717, 1.165) is 38.5 Å². The van der Waals surface area contributed by atoms with Crippen molar-refractivity contribution in [3.8, 4) is 0 Å². The van der Waals surface area contributed by atoms with Crippen molar-refractivity contribution in [1.29, 1.82) is 0 Å². The van der Waals surface area contributed by atoms with Gasteiger partial charge >= 0.3 is 0 Å². The van der Waals surface area contributed by atoms with Gasteiger partial charge in [-0.05, 0) is 13.3 Å². The van der Waals surface area contributed by atoms with E-state index in [1.807, 2.05) is 5.38 Å². The Hall–Kier alpha value is -0.400. The van der Waals surface area contributed by atoms with Crippen LogP contribution >= 0.6 is 34.5 Å². The van der Waals surface area contributed by atoms with Gasteiger partial charge in [-0.25, -0.2) is 4.98 Å². The van der Waals surface area contributed by atoms with E-state index in [-0.39, 0.29) is 5.91 Å². The fourth-order valence-corrected chi connectivity index (χ4v) is 3.71. The van der Waals surface area contributed by atoms with E-state index in [2.05, 4.69) is 15.2 Å². The first-order valence-electron chi connectivity index (χ1n) is 6.84. The number of hydrogen-bond acceptors (Lipinski definition) is 5. The molecule has 1 unspecified atom stereocenters. The van der Waals surface area contributed by atoms with Crippen molar-refractivity contribution in [1.82, 2.24) is 9.88 Å². The molecule has 2 fully saturated rings. The molecule has 1 saturated carbocycles. The van der Waals surface area contributed by atoms with Crippen LogP contribution in [0.1, 0.15) is 19.0 Å². The van der Waals surface area contributed by atoms with Crippen LogP contribution in [0.3, 0.4) is 0 Å². The summed E-state index contributed by atoms with van der Waals surface area (Å²) in [6, 6.07) is 0. The van der Waals surface area contributed by atoms with Gasteiger partial charge in [0.15, 0.2) is 5.13 Å². The summed E-state index contributed by atoms with van der Waals surface area (Å²) in [4.78, 5) is 18.9. The third-order valence-corrected chi connectivity index (χ3v) is 5.93. The Bertz CT molecular complexity index is 545. The topological polar surface area (TPSA) is 54.5 Å². The van der Waals surface area contributed by atoms with Crippen LogP contribution in [-0.4, -0.2) is 46.4 Å². The highest BCUT2D eigenvalue weighted by molar-refractivity contribution is 7.13. The normalized spacial score (nSPS) is 28.3. The Morgan fingerprint density at radius 2 is 2.19 bits per heavy atom. The highest BCUT2D eigenvalue weighted by atomic mass is 35.5. The molecule has 3 rings (SSSR count). The lowest BCUT2D eigenvalue weighted by Gasteiger charge is -2.25. The maximum absolute atomic E-state index is 12.2. The molecule has 1 aliphatic carbocycles. The molecule has 0 aromatic carbocycles. The molecule has 1 atom stereocenters. The molecule has 0 radical (unpaired) electrons. The summed E-state index contributed by atoms with van der Waals surface area (Å²) in [5, 5.41) is 5.38. The third kappa shape index (κ3) is 3.19. The number of amides is 1. The SMILES string of the molecule is CC1(C(=O)Nc2nc(CN3CCOCC3)cs2)CC1(Cl)Cl. The van der Waals surface area contributed by atoms with Gasteiger partial charge in [-0.1, -0.05) is 0 Å². The van der Waals surface area contributed by atoms with Crippen LogP contribution in [-0.2, 0) is 16.1 Å². The summed E-state index contributed by atoms with van der Waals surface area (Å²) in [6.45, 7) is 5.91. The molecule has 1 amide bonds. The number of carbonyl (C=O) groups excluding carboxylic acids is 1. The van der Waals surface area contributed by atoms with Crippen LogP contribution in [0.25, 0.3) is 0 Å². The molecule has 1 N–H and O–H groups in total. The fraction of sp³-hybridized carbons (Fsp3) is 0.692. The average molecular weight is 350 g/mol. The molecule has 5 nitrogen and oxygen atoms in total. The predicted molar refractivity (Wildman–Crippen MR) is 84.0 cm³/mol. The summed E-state index contributed by atoms with van der Waals surface area (Å²) in [7, 11) is 0. The smallest absolute Gasteiger partial charge is 0.235 e. The van der Waals surface area contributed by atoms with E-state index in [4.69, 9.17) is 27.9 Å². The quantitative estimate of drug-likeness (QED) is 0.848. The lowest BCUT2D eigenvalue weighted by molar-refractivity contribution is -0.120. The van der Waals surface area contributed by atoms with Crippen molar-refractivity contribution in [2.24, 2.45) is 5.41 Å². The minimum atomic E-state index is -0.953. The predicted octanol–water partition coefficient (Wildman–Crippen LogP) is 2.50. The van der Waals surface area contributed by atoms with E-state index in [0.29, 0.717) is 11.6 Å². The molecule has 8 heteroatoms. The van der Waals surface area contributed by atoms with E-state index >= 15 is 0 Å². The van der Waals surface area contributed by atoms with E-state index in [9.17, 15) is 4.79 Å². The number of rotatable bonds is 4. The van der Waals surface area contributed by atoms with Crippen molar-refractivity contribution >= 4 is 45.6 Å². The largest absolute Gasteiger partial charge is 0.379 e. The van der Waals surface area contributed by atoms with E-state index in [1.54, 1.807) is 6.92 Å². The number of anilines is 1. The number of nitrogens with zero attached hydrogens (tertiary/aromatic N) is 2. The highest BCUT2D eigenvalue weighted by Gasteiger charge is 2.68. The second-order valence-electron chi connectivity index (χ2n) is 5.70. The van der Waals surface area contributed by atoms with Crippen LogP contribution in [0.5, 0.6) is 0 Å². The fourth-order valence-electron chi connectivity index (χ4n) is 2.31. The minimum Gasteiger partial charge on any atom is -0.379 e. The maximum Gasteiger partial charge on any atom is 0.235 e. The zero-order valence-electron chi connectivity index (χ0n) is 11.7. The lowest BCUT2D eigenvalue weighted by Crippen LogP contribution is -2.35. The summed E-state index contributed by atoms with van der Waals surface area (Å²) in [6.07, 6.45) is 0.473. The summed E-state index contributed by atoms with van der Waals surface area (Å²) < 4.78 is 4.36. The monoisotopic (exact) mass is 349 g/mol. The maximum atomic E-state index is 12.2. The van der Waals surface area contributed by atoms with Crippen molar-refractivity contribution in [2.75, 3.05) is 31.6 Å². The van der Waals surface area contributed by atoms with Crippen molar-refractivity contribution in [3.63, 3.8) is 0 Å². The summed E-state index contributed by atoms with van der Waals surface area (Å²) >= 11 is 13.4. The van der Waals surface area contributed by atoms with Gasteiger partial charge in [-0.3, -0.25) is 9.69 Å². The first-order valence-corrected chi connectivity index (χ1v) is 8.48. The Balaban J connectivity index is 1.57. The van der Waals surface area contributed by atoms with Gasteiger partial charge in [0.25, 0.3) is 0 Å². The third-order valence-electron chi connectivity index (χ3n) is 4.02. The molecule has 1 aromatic rings. The van der Waals surface area contributed by atoms with Gasteiger partial charge in [-0.2, -0.15) is 0 Å². The number of thiazole rings is 1. The van der Waals surface area contributed by atoms with Gasteiger partial charge in [0.1, 0.15) is 4.33 Å². The zero-order chi connectivity index (χ0) is 15.1. The molecular weight excluding hydrogens is 333 g/mol. The summed E-state index contributed by atoms with van der Waals surface area (Å²) in [5.41, 5.74) is 0.243. The lowest BCUT2D eigenvalue weighted by atomic mass is 10.1. The number of halogens is 2. The second kappa shape index (κ2) is 5.66. The number of aromatic nitrogens is 1. The van der Waals surface area contributed by atoms with E-state index < -0.39 is 9.75 Å². The molecule has 1 aromatic heterocycles. The number of nitrogens with one attached hydrogen (secondary N) is 1. The van der Waals surface area contributed by atoms with Gasteiger partial charge < -0.3 is 10.1 Å². The Labute approximate surface area is 137 Å². The number of ether oxygens (including phenoxy) is 1. The van der Waals surface area contributed by atoms with Crippen LogP contribution < -0.4 is 5.32 Å². The van der Waals surface area contributed by atoms with Crippen LogP contribution in [0.15, 0.2) is 5.38 Å². The number of hydrogen-bond donors (Lipinski definition) is 1. The number of morpholine rings is 1. The first-order chi connectivity index (χ1) is 9.91. The van der Waals surface area contributed by atoms with Gasteiger partial charge in [0, 0.05) is 25.0 Å². The Kier molecular flexibility index (Phi) is 4.18. The van der Waals surface area contributed by atoms with E-state index in [1.165, 1.54) is 11.3 Å². The molecule has 0 bridgehead atoms. The molecule has 116 valence electrons. The van der Waals surface area contributed by atoms with Gasteiger partial charge in [0.2, 0.25) is 5.91 Å². The molecule has 2 heterocycles. The molecule has 1 aliphatic heterocycles. The van der Waals surface area contributed by atoms with Crippen molar-refractivity contribution < 1.29 is 9.53 Å². The van der Waals surface area contributed by atoms with Crippen LogP contribution in [0.2, 0.25) is 0 Å². The van der Waals surface area contributed by atoms with Crippen molar-refractivity contribution in [2.45, 2.75) is 24.2 Å². The van der Waals surface area contributed by atoms with Crippen LogP contribution in [0, 0.1) is 5.41 Å². The molecule has 0 spiro atoms. The summed E-state index contributed by atoms with van der Waals surface area (Å²) in [5.74, 6) is -0.167. The van der Waals surface area contributed by atoms with Crippen molar-refractivity contribution in [3.05, 3.63) is 11.1 Å². The standard InChI is InChI=1S/C13H17Cl2N3O2S/c1-12(8-13(12,14)15)10(19)17-11-16-9(7-21-11)6-18-2-4-20-5-3-18/h7H,2-6,8H2,1H3,(H,16,17,19). The average Bonchev–Trinajstić information content (AvgIpc) is 2.77. The minimum absolute atomic E-state index is 0.167. The Morgan fingerprint density at radius 1 is 1.52 bits per heavy atom.